The van der Waals surface area contributed by atoms with Crippen LogP contribution in [0.4, 0.5) is 0 Å². The predicted molar refractivity (Wildman–Crippen MR) is 72.2 cm³/mol. The fourth-order valence-electron chi connectivity index (χ4n) is 1.53. The highest BCUT2D eigenvalue weighted by Gasteiger charge is 2.02. The fraction of sp³-hybridized carbons (Fsp3) is 0.692. The van der Waals surface area contributed by atoms with Crippen molar-refractivity contribution in [3.63, 3.8) is 0 Å². The van der Waals surface area contributed by atoms with Gasteiger partial charge in [0.1, 0.15) is 0 Å². The SMILES string of the molecule is CCCNC(=O)CCNCc1ccn(C(C)C)n1. The van der Waals surface area contributed by atoms with Gasteiger partial charge in [0.2, 0.25) is 5.91 Å². The zero-order valence-corrected chi connectivity index (χ0v) is 11.6. The number of nitrogens with one attached hydrogen (secondary N) is 2. The van der Waals surface area contributed by atoms with Crippen LogP contribution in [0.1, 0.15) is 45.3 Å². The van der Waals surface area contributed by atoms with Gasteiger partial charge in [0.25, 0.3) is 0 Å². The summed E-state index contributed by atoms with van der Waals surface area (Å²) in [5.74, 6) is 0.108. The summed E-state index contributed by atoms with van der Waals surface area (Å²) in [6.45, 7) is 8.40. The Hall–Kier alpha value is -1.36. The lowest BCUT2D eigenvalue weighted by atomic mass is 10.3. The monoisotopic (exact) mass is 252 g/mol. The molecule has 0 saturated carbocycles. The minimum Gasteiger partial charge on any atom is -0.356 e. The van der Waals surface area contributed by atoms with Gasteiger partial charge in [-0.3, -0.25) is 9.48 Å². The molecule has 2 N–H and O–H groups in total. The molecule has 5 heteroatoms. The normalized spacial score (nSPS) is 10.9. The van der Waals surface area contributed by atoms with Gasteiger partial charge in [-0.1, -0.05) is 6.92 Å². The molecule has 0 bridgehead atoms. The van der Waals surface area contributed by atoms with E-state index >= 15 is 0 Å². The van der Waals surface area contributed by atoms with Crippen molar-refractivity contribution in [2.24, 2.45) is 0 Å². The fourth-order valence-corrected chi connectivity index (χ4v) is 1.53. The van der Waals surface area contributed by atoms with E-state index in [4.69, 9.17) is 0 Å². The Morgan fingerprint density at radius 2 is 2.22 bits per heavy atom. The average Bonchev–Trinajstić information content (AvgIpc) is 2.81. The smallest absolute Gasteiger partial charge is 0.221 e. The summed E-state index contributed by atoms with van der Waals surface area (Å²) in [7, 11) is 0. The second kappa shape index (κ2) is 7.87. The minimum absolute atomic E-state index is 0.108. The summed E-state index contributed by atoms with van der Waals surface area (Å²) in [4.78, 5) is 11.3. The second-order valence-electron chi connectivity index (χ2n) is 4.66. The predicted octanol–water partition coefficient (Wildman–Crippen LogP) is 1.47. The van der Waals surface area contributed by atoms with E-state index < -0.39 is 0 Å². The Morgan fingerprint density at radius 3 is 2.83 bits per heavy atom. The van der Waals surface area contributed by atoms with E-state index in [1.54, 1.807) is 0 Å². The van der Waals surface area contributed by atoms with E-state index in [0.717, 1.165) is 18.7 Å². The second-order valence-corrected chi connectivity index (χ2v) is 4.66. The van der Waals surface area contributed by atoms with Gasteiger partial charge in [0.05, 0.1) is 5.69 Å². The Balaban J connectivity index is 2.15. The molecule has 1 rings (SSSR count). The number of amides is 1. The van der Waals surface area contributed by atoms with Crippen LogP contribution >= 0.6 is 0 Å². The molecule has 1 amide bonds. The van der Waals surface area contributed by atoms with Gasteiger partial charge < -0.3 is 10.6 Å². The van der Waals surface area contributed by atoms with Crippen molar-refractivity contribution in [1.82, 2.24) is 20.4 Å². The minimum atomic E-state index is 0.108. The van der Waals surface area contributed by atoms with Crippen LogP contribution in [0.25, 0.3) is 0 Å². The maximum absolute atomic E-state index is 11.3. The van der Waals surface area contributed by atoms with Crippen LogP contribution in [0.5, 0.6) is 0 Å². The first-order chi connectivity index (χ1) is 8.63. The zero-order valence-electron chi connectivity index (χ0n) is 11.6. The summed E-state index contributed by atoms with van der Waals surface area (Å²) in [6.07, 6.45) is 3.48. The molecular weight excluding hydrogens is 228 g/mol. The maximum Gasteiger partial charge on any atom is 0.221 e. The zero-order chi connectivity index (χ0) is 13.4. The number of nitrogens with zero attached hydrogens (tertiary/aromatic N) is 2. The van der Waals surface area contributed by atoms with Crippen molar-refractivity contribution >= 4 is 5.91 Å². The van der Waals surface area contributed by atoms with Crippen LogP contribution in [0.3, 0.4) is 0 Å². The van der Waals surface area contributed by atoms with Gasteiger partial charge in [0.15, 0.2) is 0 Å². The molecule has 1 aromatic rings. The molecular formula is C13H24N4O. The topological polar surface area (TPSA) is 59.0 Å². The van der Waals surface area contributed by atoms with E-state index in [1.165, 1.54) is 0 Å². The molecule has 0 unspecified atom stereocenters. The Bertz CT molecular complexity index is 360. The first-order valence-corrected chi connectivity index (χ1v) is 6.65. The number of carbonyl (C=O) groups excluding carboxylic acids is 1. The Labute approximate surface area is 109 Å². The lowest BCUT2D eigenvalue weighted by molar-refractivity contribution is -0.120. The van der Waals surface area contributed by atoms with Crippen LogP contribution < -0.4 is 10.6 Å². The number of hydrogen-bond acceptors (Lipinski definition) is 3. The molecule has 0 fully saturated rings. The summed E-state index contributed by atoms with van der Waals surface area (Å²) in [5, 5.41) is 10.5. The van der Waals surface area contributed by atoms with Crippen molar-refractivity contribution in [2.45, 2.75) is 46.2 Å². The van der Waals surface area contributed by atoms with E-state index in [0.29, 0.717) is 25.6 Å². The van der Waals surface area contributed by atoms with Gasteiger partial charge >= 0.3 is 0 Å². The number of aromatic nitrogens is 2. The summed E-state index contributed by atoms with van der Waals surface area (Å²) >= 11 is 0. The van der Waals surface area contributed by atoms with Crippen molar-refractivity contribution in [3.05, 3.63) is 18.0 Å². The molecule has 0 atom stereocenters. The molecule has 0 aliphatic rings. The molecule has 1 heterocycles. The summed E-state index contributed by atoms with van der Waals surface area (Å²) < 4.78 is 1.94. The van der Waals surface area contributed by atoms with Crippen LogP contribution in [0.2, 0.25) is 0 Å². The largest absolute Gasteiger partial charge is 0.356 e. The highest BCUT2D eigenvalue weighted by molar-refractivity contribution is 5.75. The molecule has 102 valence electrons. The van der Waals surface area contributed by atoms with Crippen LogP contribution in [-0.2, 0) is 11.3 Å². The number of rotatable bonds is 8. The molecule has 0 aliphatic carbocycles. The van der Waals surface area contributed by atoms with E-state index in [-0.39, 0.29) is 5.91 Å². The lowest BCUT2D eigenvalue weighted by Gasteiger charge is -2.05. The highest BCUT2D eigenvalue weighted by atomic mass is 16.1. The molecule has 0 aromatic carbocycles. The van der Waals surface area contributed by atoms with Gasteiger partial charge in [-0.2, -0.15) is 5.10 Å². The van der Waals surface area contributed by atoms with E-state index in [2.05, 4.69) is 29.6 Å². The van der Waals surface area contributed by atoms with Crippen molar-refractivity contribution < 1.29 is 4.79 Å². The third kappa shape index (κ3) is 5.31. The first kappa shape index (κ1) is 14.7. The lowest BCUT2D eigenvalue weighted by Crippen LogP contribution is -2.28. The third-order valence-electron chi connectivity index (χ3n) is 2.60. The van der Waals surface area contributed by atoms with E-state index in [9.17, 15) is 4.79 Å². The van der Waals surface area contributed by atoms with Gasteiger partial charge in [-0.15, -0.1) is 0 Å². The molecule has 0 aliphatic heterocycles. The third-order valence-corrected chi connectivity index (χ3v) is 2.60. The quantitative estimate of drug-likeness (QED) is 0.689. The van der Waals surface area contributed by atoms with Gasteiger partial charge in [0, 0.05) is 38.3 Å². The van der Waals surface area contributed by atoms with Gasteiger partial charge in [-0.05, 0) is 26.3 Å². The van der Waals surface area contributed by atoms with Crippen LogP contribution in [0.15, 0.2) is 12.3 Å². The number of hydrogen-bond donors (Lipinski definition) is 2. The molecule has 0 radical (unpaired) electrons. The van der Waals surface area contributed by atoms with Gasteiger partial charge in [-0.25, -0.2) is 0 Å². The Morgan fingerprint density at radius 1 is 1.44 bits per heavy atom. The molecule has 5 nitrogen and oxygen atoms in total. The maximum atomic E-state index is 11.3. The first-order valence-electron chi connectivity index (χ1n) is 6.65. The molecule has 0 spiro atoms. The summed E-state index contributed by atoms with van der Waals surface area (Å²) in [6, 6.07) is 2.39. The van der Waals surface area contributed by atoms with Crippen LogP contribution in [0, 0.1) is 0 Å². The standard InChI is InChI=1S/C13H24N4O/c1-4-7-15-13(18)5-8-14-10-12-6-9-17(16-12)11(2)3/h6,9,11,14H,4-5,7-8,10H2,1-3H3,(H,15,18). The van der Waals surface area contributed by atoms with E-state index in [1.807, 2.05) is 23.9 Å². The van der Waals surface area contributed by atoms with Crippen molar-refractivity contribution in [3.8, 4) is 0 Å². The summed E-state index contributed by atoms with van der Waals surface area (Å²) in [5.41, 5.74) is 1.01. The van der Waals surface area contributed by atoms with Crippen molar-refractivity contribution in [2.75, 3.05) is 13.1 Å². The highest BCUT2D eigenvalue weighted by Crippen LogP contribution is 2.03. The van der Waals surface area contributed by atoms with Crippen LogP contribution in [-0.4, -0.2) is 28.8 Å². The van der Waals surface area contributed by atoms with Crippen molar-refractivity contribution in [1.29, 1.82) is 0 Å². The molecule has 18 heavy (non-hydrogen) atoms. The average molecular weight is 252 g/mol. The molecule has 1 aromatic heterocycles. The number of carbonyl (C=O) groups is 1. The molecule has 0 saturated heterocycles. The Kier molecular flexibility index (Phi) is 6.43.